The standard InChI is InChI=1S/C11H12ClNO2/c12-8-1-2-9-7(5-11(14)15)3-4-13-10(9)6-8/h1-2,6-7,13H,3-5H2,(H,14,15). The maximum Gasteiger partial charge on any atom is 0.303 e. The molecule has 0 radical (unpaired) electrons. The lowest BCUT2D eigenvalue weighted by Gasteiger charge is -2.25. The van der Waals surface area contributed by atoms with Gasteiger partial charge in [0, 0.05) is 17.3 Å². The lowest BCUT2D eigenvalue weighted by molar-refractivity contribution is -0.137. The zero-order valence-electron chi connectivity index (χ0n) is 8.16. The summed E-state index contributed by atoms with van der Waals surface area (Å²) in [6.07, 6.45) is 1.05. The van der Waals surface area contributed by atoms with Crippen molar-refractivity contribution in [3.05, 3.63) is 28.8 Å². The van der Waals surface area contributed by atoms with Crippen LogP contribution >= 0.6 is 11.6 Å². The first-order chi connectivity index (χ1) is 7.16. The Labute approximate surface area is 93.1 Å². The number of aliphatic carboxylic acids is 1. The first-order valence-corrected chi connectivity index (χ1v) is 5.29. The topological polar surface area (TPSA) is 49.3 Å². The number of hydrogen-bond donors (Lipinski definition) is 2. The van der Waals surface area contributed by atoms with Crippen LogP contribution in [0.3, 0.4) is 0 Å². The summed E-state index contributed by atoms with van der Waals surface area (Å²) in [5, 5.41) is 12.7. The Hall–Kier alpha value is -1.22. The molecule has 0 amide bonds. The lowest BCUT2D eigenvalue weighted by Crippen LogP contribution is -2.18. The van der Waals surface area contributed by atoms with E-state index in [-0.39, 0.29) is 12.3 Å². The maximum atomic E-state index is 10.7. The van der Waals surface area contributed by atoms with Gasteiger partial charge in [-0.2, -0.15) is 0 Å². The van der Waals surface area contributed by atoms with Gasteiger partial charge in [0.05, 0.1) is 6.42 Å². The van der Waals surface area contributed by atoms with Crippen molar-refractivity contribution in [2.45, 2.75) is 18.8 Å². The molecule has 15 heavy (non-hydrogen) atoms. The van der Waals surface area contributed by atoms with Crippen LogP contribution in [-0.2, 0) is 4.79 Å². The molecule has 0 aromatic heterocycles. The number of halogens is 1. The highest BCUT2D eigenvalue weighted by molar-refractivity contribution is 6.30. The minimum atomic E-state index is -0.747. The molecule has 2 N–H and O–H groups in total. The van der Waals surface area contributed by atoms with E-state index in [2.05, 4.69) is 5.32 Å². The van der Waals surface area contributed by atoms with Crippen molar-refractivity contribution in [1.82, 2.24) is 0 Å². The molecule has 0 saturated heterocycles. The van der Waals surface area contributed by atoms with Gasteiger partial charge in [0.1, 0.15) is 0 Å². The Kier molecular flexibility index (Phi) is 2.82. The van der Waals surface area contributed by atoms with Gasteiger partial charge in [0.25, 0.3) is 0 Å². The number of hydrogen-bond acceptors (Lipinski definition) is 2. The molecule has 1 atom stereocenters. The molecule has 80 valence electrons. The molecular formula is C11H12ClNO2. The average Bonchev–Trinajstić information content (AvgIpc) is 2.16. The second-order valence-electron chi connectivity index (χ2n) is 3.74. The van der Waals surface area contributed by atoms with Crippen LogP contribution in [0, 0.1) is 0 Å². The van der Waals surface area contributed by atoms with E-state index in [9.17, 15) is 4.79 Å². The smallest absolute Gasteiger partial charge is 0.303 e. The Balaban J connectivity index is 2.30. The average molecular weight is 226 g/mol. The number of carboxylic acids is 1. The predicted molar refractivity (Wildman–Crippen MR) is 59.6 cm³/mol. The summed E-state index contributed by atoms with van der Waals surface area (Å²) in [5.74, 6) is -0.640. The van der Waals surface area contributed by atoms with Crippen LogP contribution < -0.4 is 5.32 Å². The molecule has 1 aromatic carbocycles. The molecular weight excluding hydrogens is 214 g/mol. The van der Waals surface area contributed by atoms with Crippen molar-refractivity contribution in [3.63, 3.8) is 0 Å². The SMILES string of the molecule is O=C(O)CC1CCNc2cc(Cl)ccc21. The van der Waals surface area contributed by atoms with E-state index in [0.717, 1.165) is 24.2 Å². The fraction of sp³-hybridized carbons (Fsp3) is 0.364. The van der Waals surface area contributed by atoms with Crippen molar-refractivity contribution >= 4 is 23.3 Å². The molecule has 0 fully saturated rings. The van der Waals surface area contributed by atoms with Crippen molar-refractivity contribution in [2.75, 3.05) is 11.9 Å². The second-order valence-corrected chi connectivity index (χ2v) is 4.18. The number of anilines is 1. The van der Waals surface area contributed by atoms with E-state index in [4.69, 9.17) is 16.7 Å². The molecule has 1 unspecified atom stereocenters. The van der Waals surface area contributed by atoms with Crippen molar-refractivity contribution in [3.8, 4) is 0 Å². The van der Waals surface area contributed by atoms with Gasteiger partial charge in [-0.15, -0.1) is 0 Å². The van der Waals surface area contributed by atoms with E-state index in [1.165, 1.54) is 0 Å². The number of rotatable bonds is 2. The van der Waals surface area contributed by atoms with Crippen LogP contribution in [0.1, 0.15) is 24.3 Å². The third kappa shape index (κ3) is 2.23. The molecule has 3 nitrogen and oxygen atoms in total. The highest BCUT2D eigenvalue weighted by atomic mass is 35.5. The number of benzene rings is 1. The molecule has 0 aliphatic carbocycles. The number of nitrogens with one attached hydrogen (secondary N) is 1. The first-order valence-electron chi connectivity index (χ1n) is 4.92. The van der Waals surface area contributed by atoms with Gasteiger partial charge in [0.2, 0.25) is 0 Å². The summed E-state index contributed by atoms with van der Waals surface area (Å²) >= 11 is 5.87. The van der Waals surface area contributed by atoms with Crippen molar-refractivity contribution < 1.29 is 9.90 Å². The van der Waals surface area contributed by atoms with E-state index in [1.807, 2.05) is 18.2 Å². The van der Waals surface area contributed by atoms with Gasteiger partial charge in [-0.1, -0.05) is 17.7 Å². The summed E-state index contributed by atoms with van der Waals surface area (Å²) in [5.41, 5.74) is 2.04. The van der Waals surface area contributed by atoms with E-state index in [1.54, 1.807) is 0 Å². The number of carbonyl (C=O) groups is 1. The molecule has 1 aliphatic heterocycles. The van der Waals surface area contributed by atoms with Gasteiger partial charge in [-0.25, -0.2) is 0 Å². The summed E-state index contributed by atoms with van der Waals surface area (Å²) in [6, 6.07) is 5.57. The Bertz CT molecular complexity index is 392. The van der Waals surface area contributed by atoms with E-state index >= 15 is 0 Å². The van der Waals surface area contributed by atoms with Crippen LogP contribution in [0.25, 0.3) is 0 Å². The summed E-state index contributed by atoms with van der Waals surface area (Å²) in [6.45, 7) is 0.811. The minimum Gasteiger partial charge on any atom is -0.481 e. The summed E-state index contributed by atoms with van der Waals surface area (Å²) in [7, 11) is 0. The third-order valence-electron chi connectivity index (χ3n) is 2.68. The first kappa shape index (κ1) is 10.3. The van der Waals surface area contributed by atoms with Crippen LogP contribution in [-0.4, -0.2) is 17.6 Å². The van der Waals surface area contributed by atoms with Gasteiger partial charge in [0.15, 0.2) is 0 Å². The molecule has 1 aromatic rings. The van der Waals surface area contributed by atoms with Gasteiger partial charge in [-0.05, 0) is 30.0 Å². The molecule has 1 heterocycles. The third-order valence-corrected chi connectivity index (χ3v) is 2.92. The highest BCUT2D eigenvalue weighted by Gasteiger charge is 2.22. The molecule has 0 spiro atoms. The summed E-state index contributed by atoms with van der Waals surface area (Å²) < 4.78 is 0. The Morgan fingerprint density at radius 2 is 2.40 bits per heavy atom. The largest absolute Gasteiger partial charge is 0.481 e. The number of carboxylic acid groups (broad SMARTS) is 1. The van der Waals surface area contributed by atoms with Crippen molar-refractivity contribution in [1.29, 1.82) is 0 Å². The fourth-order valence-corrected chi connectivity index (χ4v) is 2.17. The maximum absolute atomic E-state index is 10.7. The molecule has 0 saturated carbocycles. The normalized spacial score (nSPS) is 19.1. The Morgan fingerprint density at radius 3 is 3.13 bits per heavy atom. The number of fused-ring (bicyclic) bond motifs is 1. The van der Waals surface area contributed by atoms with Gasteiger partial charge in [-0.3, -0.25) is 4.79 Å². The van der Waals surface area contributed by atoms with Gasteiger partial charge >= 0.3 is 5.97 Å². The Morgan fingerprint density at radius 1 is 1.60 bits per heavy atom. The molecule has 1 aliphatic rings. The quantitative estimate of drug-likeness (QED) is 0.814. The zero-order valence-corrected chi connectivity index (χ0v) is 8.92. The molecule has 2 rings (SSSR count). The second kappa shape index (κ2) is 4.11. The monoisotopic (exact) mass is 225 g/mol. The van der Waals surface area contributed by atoms with Crippen LogP contribution in [0.5, 0.6) is 0 Å². The minimum absolute atomic E-state index is 0.107. The predicted octanol–water partition coefficient (Wildman–Crippen LogP) is 2.71. The van der Waals surface area contributed by atoms with E-state index < -0.39 is 5.97 Å². The molecule has 4 heteroatoms. The van der Waals surface area contributed by atoms with Crippen LogP contribution in [0.2, 0.25) is 5.02 Å². The van der Waals surface area contributed by atoms with E-state index in [0.29, 0.717) is 5.02 Å². The fourth-order valence-electron chi connectivity index (χ4n) is 2.00. The van der Waals surface area contributed by atoms with Gasteiger partial charge < -0.3 is 10.4 Å². The summed E-state index contributed by atoms with van der Waals surface area (Å²) in [4.78, 5) is 10.7. The lowest BCUT2D eigenvalue weighted by atomic mass is 9.88. The van der Waals surface area contributed by atoms with Crippen LogP contribution in [0.4, 0.5) is 5.69 Å². The highest BCUT2D eigenvalue weighted by Crippen LogP contribution is 2.35. The molecule has 0 bridgehead atoms. The van der Waals surface area contributed by atoms with Crippen molar-refractivity contribution in [2.24, 2.45) is 0 Å². The van der Waals surface area contributed by atoms with Crippen LogP contribution in [0.15, 0.2) is 18.2 Å². The zero-order chi connectivity index (χ0) is 10.8.